The Kier molecular flexibility index (Phi) is 1.01. The maximum absolute atomic E-state index is 3.67. The van der Waals surface area contributed by atoms with Crippen molar-refractivity contribution in [3.05, 3.63) is 25.3 Å². The number of hydrogen-bond donors (Lipinski definition) is 0. The van der Waals surface area contributed by atoms with E-state index in [2.05, 4.69) is 13.2 Å². The molecule has 0 aliphatic heterocycles. The molecule has 0 aromatic heterocycles. The van der Waals surface area contributed by atoms with Gasteiger partial charge in [0, 0.05) is 0 Å². The van der Waals surface area contributed by atoms with Gasteiger partial charge in [-0.3, -0.25) is 0 Å². The van der Waals surface area contributed by atoms with Crippen molar-refractivity contribution in [2.24, 2.45) is 11.8 Å². The Morgan fingerprint density at radius 3 is 1.71 bits per heavy atom. The lowest BCUT2D eigenvalue weighted by Gasteiger charge is -1.75. The predicted molar refractivity (Wildman–Crippen MR) is 32.0 cm³/mol. The normalized spacial score (nSPS) is 37.1. The third kappa shape index (κ3) is 0.738. The van der Waals surface area contributed by atoms with Crippen LogP contribution in [0, 0.1) is 11.8 Å². The highest BCUT2D eigenvalue weighted by molar-refractivity contribution is 5.05. The van der Waals surface area contributed by atoms with E-state index >= 15 is 0 Å². The summed E-state index contributed by atoms with van der Waals surface area (Å²) >= 11 is 0. The number of rotatable bonds is 2. The Bertz CT molecular complexity index is 80.2. The molecule has 38 valence electrons. The average molecular weight is 94.2 g/mol. The lowest BCUT2D eigenvalue weighted by molar-refractivity contribution is 1.00. The van der Waals surface area contributed by atoms with Gasteiger partial charge in [0.05, 0.1) is 0 Å². The second-order valence-electron chi connectivity index (χ2n) is 2.03. The van der Waals surface area contributed by atoms with Gasteiger partial charge in [-0.25, -0.2) is 0 Å². The minimum atomic E-state index is 0.762. The molecule has 0 spiro atoms. The fourth-order valence-electron chi connectivity index (χ4n) is 0.778. The van der Waals surface area contributed by atoms with Crippen molar-refractivity contribution in [1.82, 2.24) is 0 Å². The van der Waals surface area contributed by atoms with Crippen LogP contribution < -0.4 is 0 Å². The number of allylic oxidation sites excluding steroid dienone is 2. The second-order valence-corrected chi connectivity index (χ2v) is 2.03. The summed E-state index contributed by atoms with van der Waals surface area (Å²) in [5.41, 5.74) is 0. The minimum Gasteiger partial charge on any atom is -0.103 e. The summed E-state index contributed by atoms with van der Waals surface area (Å²) in [4.78, 5) is 0. The van der Waals surface area contributed by atoms with Gasteiger partial charge in [0.2, 0.25) is 0 Å². The van der Waals surface area contributed by atoms with Crippen molar-refractivity contribution in [1.29, 1.82) is 0 Å². The molecule has 2 atom stereocenters. The van der Waals surface area contributed by atoms with Crippen LogP contribution in [0.25, 0.3) is 0 Å². The second kappa shape index (κ2) is 1.53. The molecule has 0 nitrogen and oxygen atoms in total. The highest BCUT2D eigenvalue weighted by Crippen LogP contribution is 2.39. The maximum atomic E-state index is 3.67. The van der Waals surface area contributed by atoms with Crippen molar-refractivity contribution in [3.63, 3.8) is 0 Å². The lowest BCUT2D eigenvalue weighted by atomic mass is 10.3. The van der Waals surface area contributed by atoms with E-state index in [4.69, 9.17) is 0 Å². The zero-order valence-electron chi connectivity index (χ0n) is 4.43. The largest absolute Gasteiger partial charge is 0.103 e. The third-order valence-corrected chi connectivity index (χ3v) is 1.50. The SMILES string of the molecule is C=CC1CC1C=C. The first-order valence-electron chi connectivity index (χ1n) is 2.63. The van der Waals surface area contributed by atoms with Crippen LogP contribution in [0.15, 0.2) is 25.3 Å². The Morgan fingerprint density at radius 2 is 1.57 bits per heavy atom. The van der Waals surface area contributed by atoms with Crippen LogP contribution in [0.5, 0.6) is 0 Å². The van der Waals surface area contributed by atoms with Crippen LogP contribution in [0.3, 0.4) is 0 Å². The van der Waals surface area contributed by atoms with Gasteiger partial charge in [0.15, 0.2) is 0 Å². The third-order valence-electron chi connectivity index (χ3n) is 1.50. The molecule has 7 heavy (non-hydrogen) atoms. The van der Waals surface area contributed by atoms with E-state index < -0.39 is 0 Å². The summed E-state index contributed by atoms with van der Waals surface area (Å²) in [7, 11) is 0. The highest BCUT2D eigenvalue weighted by atomic mass is 14.3. The fourth-order valence-corrected chi connectivity index (χ4v) is 0.778. The molecule has 0 amide bonds. The van der Waals surface area contributed by atoms with E-state index in [9.17, 15) is 0 Å². The Morgan fingerprint density at radius 1 is 1.14 bits per heavy atom. The summed E-state index contributed by atoms with van der Waals surface area (Å²) in [6.07, 6.45) is 5.30. The summed E-state index contributed by atoms with van der Waals surface area (Å²) in [5, 5.41) is 0. The Labute approximate surface area is 44.5 Å². The van der Waals surface area contributed by atoms with Crippen LogP contribution in [0.4, 0.5) is 0 Å². The Hall–Kier alpha value is -0.520. The maximum Gasteiger partial charge on any atom is -0.0167 e. The van der Waals surface area contributed by atoms with Crippen molar-refractivity contribution in [2.45, 2.75) is 6.42 Å². The quantitative estimate of drug-likeness (QED) is 0.459. The summed E-state index contributed by atoms with van der Waals surface area (Å²) in [6.45, 7) is 7.35. The first-order valence-corrected chi connectivity index (χ1v) is 2.63. The van der Waals surface area contributed by atoms with Crippen molar-refractivity contribution >= 4 is 0 Å². The molecule has 0 radical (unpaired) electrons. The van der Waals surface area contributed by atoms with Crippen LogP contribution in [-0.4, -0.2) is 0 Å². The number of hydrogen-bond acceptors (Lipinski definition) is 0. The zero-order chi connectivity index (χ0) is 5.28. The standard InChI is InChI=1S/C7H10/c1-3-6-5-7(6)4-2/h3-4,6-7H,1-2,5H2. The molecule has 0 N–H and O–H groups in total. The van der Waals surface area contributed by atoms with Crippen LogP contribution in [0.2, 0.25) is 0 Å². The Balaban J connectivity index is 2.30. The van der Waals surface area contributed by atoms with E-state index in [1.807, 2.05) is 12.2 Å². The van der Waals surface area contributed by atoms with E-state index in [0.29, 0.717) is 0 Å². The highest BCUT2D eigenvalue weighted by Gasteiger charge is 2.30. The monoisotopic (exact) mass is 94.1 g/mol. The van der Waals surface area contributed by atoms with Crippen molar-refractivity contribution in [3.8, 4) is 0 Å². The summed E-state index contributed by atoms with van der Waals surface area (Å²) in [6, 6.07) is 0. The molecule has 2 unspecified atom stereocenters. The minimum absolute atomic E-state index is 0.762. The first-order chi connectivity index (χ1) is 3.38. The van der Waals surface area contributed by atoms with Crippen LogP contribution in [0.1, 0.15) is 6.42 Å². The molecular weight excluding hydrogens is 84.1 g/mol. The van der Waals surface area contributed by atoms with Crippen LogP contribution >= 0.6 is 0 Å². The van der Waals surface area contributed by atoms with Gasteiger partial charge in [-0.05, 0) is 18.3 Å². The molecule has 0 saturated heterocycles. The smallest absolute Gasteiger partial charge is 0.0167 e. The molecular formula is C7H10. The lowest BCUT2D eigenvalue weighted by Crippen LogP contribution is -1.65. The molecule has 0 heteroatoms. The zero-order valence-corrected chi connectivity index (χ0v) is 4.43. The van der Waals surface area contributed by atoms with Gasteiger partial charge in [-0.2, -0.15) is 0 Å². The van der Waals surface area contributed by atoms with Gasteiger partial charge in [-0.15, -0.1) is 13.2 Å². The van der Waals surface area contributed by atoms with Crippen LogP contribution in [-0.2, 0) is 0 Å². The van der Waals surface area contributed by atoms with E-state index in [-0.39, 0.29) is 0 Å². The summed E-state index contributed by atoms with van der Waals surface area (Å²) < 4.78 is 0. The molecule has 1 saturated carbocycles. The molecule has 0 heterocycles. The average Bonchev–Trinajstić information content (AvgIpc) is 2.43. The van der Waals surface area contributed by atoms with Gasteiger partial charge >= 0.3 is 0 Å². The van der Waals surface area contributed by atoms with Crippen molar-refractivity contribution in [2.75, 3.05) is 0 Å². The molecule has 1 rings (SSSR count). The van der Waals surface area contributed by atoms with Gasteiger partial charge in [0.1, 0.15) is 0 Å². The topological polar surface area (TPSA) is 0 Å². The molecule has 0 bridgehead atoms. The van der Waals surface area contributed by atoms with Crippen molar-refractivity contribution < 1.29 is 0 Å². The predicted octanol–water partition coefficient (Wildman–Crippen LogP) is 1.99. The van der Waals surface area contributed by atoms with E-state index in [1.165, 1.54) is 6.42 Å². The van der Waals surface area contributed by atoms with Gasteiger partial charge in [-0.1, -0.05) is 12.2 Å². The molecule has 1 fully saturated rings. The molecule has 0 aromatic rings. The van der Waals surface area contributed by atoms with E-state index in [0.717, 1.165) is 11.8 Å². The van der Waals surface area contributed by atoms with Gasteiger partial charge < -0.3 is 0 Å². The first kappa shape index (κ1) is 4.63. The van der Waals surface area contributed by atoms with E-state index in [1.54, 1.807) is 0 Å². The molecule has 0 aromatic carbocycles. The summed E-state index contributed by atoms with van der Waals surface area (Å²) in [5.74, 6) is 1.52. The molecule has 1 aliphatic rings. The molecule has 1 aliphatic carbocycles. The van der Waals surface area contributed by atoms with Gasteiger partial charge in [0.25, 0.3) is 0 Å². The fraction of sp³-hybridized carbons (Fsp3) is 0.429.